The molecular formula is C34H33ClN6O4S. The summed E-state index contributed by atoms with van der Waals surface area (Å²) in [5.41, 5.74) is 5.65. The summed E-state index contributed by atoms with van der Waals surface area (Å²) in [5, 5.41) is 33.7. The van der Waals surface area contributed by atoms with Crippen LogP contribution < -0.4 is 21.3 Å². The van der Waals surface area contributed by atoms with Gasteiger partial charge in [0, 0.05) is 69.9 Å². The number of carbonyl (C=O) groups excluding carboxylic acids is 1. The molecule has 6 N–H and O–H groups in total. The van der Waals surface area contributed by atoms with Crippen LogP contribution in [0.3, 0.4) is 0 Å². The Morgan fingerprint density at radius 1 is 1.07 bits per heavy atom. The first-order valence-electron chi connectivity index (χ1n) is 14.9. The number of benzene rings is 2. The highest BCUT2D eigenvalue weighted by molar-refractivity contribution is 7.19. The summed E-state index contributed by atoms with van der Waals surface area (Å²) in [5.74, 6) is -0.199. The lowest BCUT2D eigenvalue weighted by Gasteiger charge is -2.16. The van der Waals surface area contributed by atoms with E-state index in [1.165, 1.54) is 0 Å². The zero-order valence-electron chi connectivity index (χ0n) is 25.1. The molecule has 0 unspecified atom stereocenters. The Bertz CT molecular complexity index is 1930. The van der Waals surface area contributed by atoms with Gasteiger partial charge in [-0.05, 0) is 48.7 Å². The van der Waals surface area contributed by atoms with Crippen molar-refractivity contribution >= 4 is 56.4 Å². The third-order valence-corrected chi connectivity index (χ3v) is 9.48. The smallest absolute Gasteiger partial charge is 0.317 e. The number of halogens is 1. The van der Waals surface area contributed by atoms with Gasteiger partial charge in [-0.15, -0.1) is 11.3 Å². The van der Waals surface area contributed by atoms with Crippen molar-refractivity contribution in [3.8, 4) is 28.3 Å². The molecule has 1 atom stereocenters. The monoisotopic (exact) mass is 656 g/mol. The number of pyridine rings is 2. The number of nitrogens with one attached hydrogen (secondary N) is 4. The third kappa shape index (κ3) is 6.97. The van der Waals surface area contributed by atoms with E-state index >= 15 is 0 Å². The molecule has 1 saturated heterocycles. The molecule has 0 spiro atoms. The van der Waals surface area contributed by atoms with E-state index in [4.69, 9.17) is 16.7 Å². The van der Waals surface area contributed by atoms with Crippen molar-refractivity contribution in [2.24, 2.45) is 0 Å². The molecule has 1 fully saturated rings. The maximum absolute atomic E-state index is 11.4. The van der Waals surface area contributed by atoms with Gasteiger partial charge in [-0.1, -0.05) is 48.0 Å². The fourth-order valence-corrected chi connectivity index (χ4v) is 6.94. The number of fused-ring (bicyclic) bond motifs is 1. The zero-order valence-corrected chi connectivity index (χ0v) is 26.6. The van der Waals surface area contributed by atoms with E-state index in [1.807, 2.05) is 67.6 Å². The normalized spacial score (nSPS) is 14.5. The highest BCUT2D eigenvalue weighted by atomic mass is 35.5. The quantitative estimate of drug-likeness (QED) is 0.0954. The minimum atomic E-state index is -0.899. The molecule has 10 nitrogen and oxygen atoms in total. The van der Waals surface area contributed by atoms with Crippen molar-refractivity contribution in [1.82, 2.24) is 25.9 Å². The number of aromatic hydroxyl groups is 1. The van der Waals surface area contributed by atoms with Crippen molar-refractivity contribution in [1.29, 1.82) is 0 Å². The Kier molecular flexibility index (Phi) is 9.46. The molecule has 0 aliphatic carbocycles. The van der Waals surface area contributed by atoms with Crippen LogP contribution in [0.15, 0.2) is 66.9 Å². The van der Waals surface area contributed by atoms with E-state index in [9.17, 15) is 14.7 Å². The highest BCUT2D eigenvalue weighted by Crippen LogP contribution is 2.40. The number of rotatable bonds is 12. The molecule has 0 radical (unpaired) electrons. The van der Waals surface area contributed by atoms with Crippen molar-refractivity contribution in [2.75, 3.05) is 18.4 Å². The van der Waals surface area contributed by atoms with Crippen LogP contribution in [0.4, 0.5) is 11.5 Å². The fraction of sp³-hybridized carbons (Fsp3) is 0.235. The fourth-order valence-electron chi connectivity index (χ4n) is 5.64. The average Bonchev–Trinajstić information content (AvgIpc) is 3.65. The van der Waals surface area contributed by atoms with Crippen LogP contribution in [0.1, 0.15) is 28.8 Å². The summed E-state index contributed by atoms with van der Waals surface area (Å²) in [6.07, 6.45) is 3.10. The number of carboxylic acid groups (broad SMARTS) is 1. The second kappa shape index (κ2) is 13.8. The molecule has 5 aromatic rings. The number of thiophene rings is 1. The maximum Gasteiger partial charge on any atom is 0.317 e. The van der Waals surface area contributed by atoms with E-state index in [0.717, 1.165) is 43.6 Å². The molecule has 46 heavy (non-hydrogen) atoms. The van der Waals surface area contributed by atoms with Crippen LogP contribution >= 0.6 is 22.9 Å². The molecule has 1 aliphatic rings. The average molecular weight is 657 g/mol. The Balaban J connectivity index is 1.21. The number of anilines is 2. The first-order chi connectivity index (χ1) is 22.3. The zero-order chi connectivity index (χ0) is 32.2. The maximum atomic E-state index is 11.4. The van der Waals surface area contributed by atoms with Crippen LogP contribution in [0.5, 0.6) is 5.88 Å². The number of aromatic nitrogens is 2. The predicted octanol–water partition coefficient (Wildman–Crippen LogP) is 5.98. The van der Waals surface area contributed by atoms with Crippen LogP contribution in [-0.4, -0.2) is 51.2 Å². The van der Waals surface area contributed by atoms with E-state index in [1.54, 1.807) is 17.5 Å². The van der Waals surface area contributed by atoms with Gasteiger partial charge in [-0.3, -0.25) is 9.59 Å². The lowest BCUT2D eigenvalue weighted by atomic mass is 9.94. The number of hydrogen-bond acceptors (Lipinski definition) is 9. The van der Waals surface area contributed by atoms with Crippen molar-refractivity contribution in [3.63, 3.8) is 0 Å². The van der Waals surface area contributed by atoms with E-state index in [-0.39, 0.29) is 24.4 Å². The van der Waals surface area contributed by atoms with E-state index in [0.29, 0.717) is 53.8 Å². The number of amides is 1. The Hall–Kier alpha value is -4.55. The van der Waals surface area contributed by atoms with Gasteiger partial charge >= 0.3 is 5.97 Å². The van der Waals surface area contributed by atoms with Gasteiger partial charge in [-0.2, -0.15) is 0 Å². The van der Waals surface area contributed by atoms with Crippen LogP contribution in [0, 0.1) is 6.92 Å². The standard InChI is InChI=1S/C34H33ClN6O4S/c1-19-23(4-2-5-24(19)27-10-8-20(34(45)41-27)15-36-16-21-9-11-30(42)39-21)25-6-3-7-28(32(25)35)40-33-26-14-22(17-37-18-31(43)44)46-29(26)12-13-38-33/h2-8,10,12-14,21,36-37H,9,11,15-18H2,1H3,(H,38,40)(H,39,42)(H,41,45)(H,43,44)/t21-/m0/s1. The summed E-state index contributed by atoms with van der Waals surface area (Å²) in [6, 6.07) is 19.6. The molecule has 0 bridgehead atoms. The summed E-state index contributed by atoms with van der Waals surface area (Å²) in [6.45, 7) is 3.43. The second-order valence-electron chi connectivity index (χ2n) is 11.2. The Labute approximate surface area is 274 Å². The van der Waals surface area contributed by atoms with Crippen molar-refractivity contribution in [2.45, 2.75) is 38.9 Å². The molecule has 0 saturated carbocycles. The largest absolute Gasteiger partial charge is 0.493 e. The number of hydrogen-bond donors (Lipinski definition) is 6. The van der Waals surface area contributed by atoms with Gasteiger partial charge in [0.25, 0.3) is 0 Å². The van der Waals surface area contributed by atoms with Gasteiger partial charge in [0.15, 0.2) is 0 Å². The Morgan fingerprint density at radius 3 is 2.65 bits per heavy atom. The predicted molar refractivity (Wildman–Crippen MR) is 182 cm³/mol. The molecule has 3 aromatic heterocycles. The Morgan fingerprint density at radius 2 is 1.87 bits per heavy atom. The number of aliphatic carboxylic acids is 1. The summed E-state index contributed by atoms with van der Waals surface area (Å²) < 4.78 is 1.03. The van der Waals surface area contributed by atoms with Gasteiger partial charge in [-0.25, -0.2) is 9.97 Å². The lowest BCUT2D eigenvalue weighted by molar-refractivity contribution is -0.136. The lowest BCUT2D eigenvalue weighted by Crippen LogP contribution is -2.35. The van der Waals surface area contributed by atoms with Gasteiger partial charge in [0.1, 0.15) is 5.82 Å². The molecule has 236 valence electrons. The second-order valence-corrected chi connectivity index (χ2v) is 12.7. The summed E-state index contributed by atoms with van der Waals surface area (Å²) >= 11 is 8.61. The van der Waals surface area contributed by atoms with Gasteiger partial charge < -0.3 is 31.5 Å². The van der Waals surface area contributed by atoms with Crippen LogP contribution in [-0.2, 0) is 22.7 Å². The summed E-state index contributed by atoms with van der Waals surface area (Å²) in [7, 11) is 0. The van der Waals surface area contributed by atoms with Gasteiger partial charge in [0.2, 0.25) is 11.8 Å². The highest BCUT2D eigenvalue weighted by Gasteiger charge is 2.20. The minimum Gasteiger partial charge on any atom is -0.493 e. The molecule has 1 aliphatic heterocycles. The number of carboxylic acids is 1. The number of carbonyl (C=O) groups is 2. The first kappa shape index (κ1) is 31.4. The number of nitrogens with zero attached hydrogens (tertiary/aromatic N) is 2. The molecule has 1 amide bonds. The third-order valence-electron chi connectivity index (χ3n) is 7.97. The molecule has 2 aromatic carbocycles. The molecular weight excluding hydrogens is 624 g/mol. The van der Waals surface area contributed by atoms with Crippen LogP contribution in [0.25, 0.3) is 32.5 Å². The van der Waals surface area contributed by atoms with Crippen LogP contribution in [0.2, 0.25) is 5.02 Å². The van der Waals surface area contributed by atoms with Crippen molar-refractivity contribution in [3.05, 3.63) is 87.9 Å². The summed E-state index contributed by atoms with van der Waals surface area (Å²) in [4.78, 5) is 32.4. The van der Waals surface area contributed by atoms with Crippen molar-refractivity contribution < 1.29 is 19.8 Å². The van der Waals surface area contributed by atoms with Gasteiger partial charge in [0.05, 0.1) is 22.9 Å². The molecule has 4 heterocycles. The van der Waals surface area contributed by atoms with E-state index < -0.39 is 5.97 Å². The SMILES string of the molecule is Cc1c(-c2ccc(CNC[C@@H]3CCC(=O)N3)c(O)n2)cccc1-c1cccc(Nc2nccc3sc(CNCC(=O)O)cc23)c1Cl. The molecule has 6 rings (SSSR count). The molecule has 12 heteroatoms. The minimum absolute atomic E-state index is 0.0366. The first-order valence-corrected chi connectivity index (χ1v) is 16.1. The topological polar surface area (TPSA) is 148 Å². The van der Waals surface area contributed by atoms with E-state index in [2.05, 4.69) is 31.2 Å².